The topological polar surface area (TPSA) is 83.5 Å². The lowest BCUT2D eigenvalue weighted by Gasteiger charge is -2.08. The fourth-order valence-electron chi connectivity index (χ4n) is 3.47. The molecule has 0 fully saturated rings. The van der Waals surface area contributed by atoms with E-state index in [4.69, 9.17) is 5.11 Å². The smallest absolute Gasteiger partial charge is 0.303 e. The molecule has 168 valence electrons. The Morgan fingerprint density at radius 3 is 1.97 bits per heavy atom. The number of aryl methyl sites for hydroxylation is 1. The van der Waals surface area contributed by atoms with E-state index in [0.717, 1.165) is 29.7 Å². The first-order chi connectivity index (χ1) is 15.4. The highest BCUT2D eigenvalue weighted by Crippen LogP contribution is 2.21. The van der Waals surface area contributed by atoms with Crippen LogP contribution >= 0.6 is 0 Å². The lowest BCUT2D eigenvalue weighted by atomic mass is 10.1. The van der Waals surface area contributed by atoms with Gasteiger partial charge < -0.3 is 10.4 Å². The largest absolute Gasteiger partial charge is 0.481 e. The number of benzene rings is 3. The molecule has 3 aromatic carbocycles. The Hall–Kier alpha value is -2.96. The zero-order chi connectivity index (χ0) is 22.8. The van der Waals surface area contributed by atoms with Crippen molar-refractivity contribution in [3.05, 3.63) is 90.0 Å². The van der Waals surface area contributed by atoms with Gasteiger partial charge in [-0.15, -0.1) is 0 Å². The Morgan fingerprint density at radius 2 is 1.34 bits per heavy atom. The predicted molar refractivity (Wildman–Crippen MR) is 128 cm³/mol. The van der Waals surface area contributed by atoms with Crippen LogP contribution in [0, 0.1) is 0 Å². The van der Waals surface area contributed by atoms with Gasteiger partial charge in [0.2, 0.25) is 0 Å². The zero-order valence-electron chi connectivity index (χ0n) is 18.0. The summed E-state index contributed by atoms with van der Waals surface area (Å²) in [6, 6.07) is 24.9. The maximum atomic E-state index is 12.6. The summed E-state index contributed by atoms with van der Waals surface area (Å²) in [4.78, 5) is 11.0. The first-order valence-electron chi connectivity index (χ1n) is 10.8. The van der Waals surface area contributed by atoms with Crippen LogP contribution < -0.4 is 5.32 Å². The average Bonchev–Trinajstić information content (AvgIpc) is 2.81. The van der Waals surface area contributed by atoms with Crippen LogP contribution in [0.25, 0.3) is 11.1 Å². The average molecular weight is 452 g/mol. The van der Waals surface area contributed by atoms with Crippen LogP contribution in [0.4, 0.5) is 0 Å². The second-order valence-corrected chi connectivity index (χ2v) is 9.88. The summed E-state index contributed by atoms with van der Waals surface area (Å²) in [6.45, 7) is 1.40. The molecule has 0 unspecified atom stereocenters. The number of hydrogen-bond acceptors (Lipinski definition) is 4. The van der Waals surface area contributed by atoms with E-state index in [2.05, 4.69) is 5.32 Å². The zero-order valence-corrected chi connectivity index (χ0v) is 18.9. The molecule has 0 atom stereocenters. The Kier molecular flexibility index (Phi) is 8.59. The summed E-state index contributed by atoms with van der Waals surface area (Å²) in [6.07, 6.45) is 2.07. The number of aliphatic carboxylic acids is 1. The van der Waals surface area contributed by atoms with E-state index >= 15 is 0 Å². The van der Waals surface area contributed by atoms with E-state index in [1.807, 2.05) is 66.7 Å². The molecular weight excluding hydrogens is 422 g/mol. The van der Waals surface area contributed by atoms with Crippen LogP contribution in [0.15, 0.2) is 83.8 Å². The number of carbonyl (C=O) groups is 1. The van der Waals surface area contributed by atoms with Crippen molar-refractivity contribution in [1.82, 2.24) is 5.32 Å². The first-order valence-corrected chi connectivity index (χ1v) is 12.5. The van der Waals surface area contributed by atoms with Gasteiger partial charge in [0.05, 0.1) is 10.6 Å². The van der Waals surface area contributed by atoms with Crippen LogP contribution in [0.1, 0.15) is 24.0 Å². The second-order valence-electron chi connectivity index (χ2n) is 7.77. The van der Waals surface area contributed by atoms with Crippen LogP contribution in [0.2, 0.25) is 0 Å². The molecule has 5 nitrogen and oxygen atoms in total. The van der Waals surface area contributed by atoms with Crippen LogP contribution in [-0.2, 0) is 27.5 Å². The molecule has 0 aliphatic carbocycles. The van der Waals surface area contributed by atoms with Crippen molar-refractivity contribution >= 4 is 15.8 Å². The van der Waals surface area contributed by atoms with E-state index < -0.39 is 15.8 Å². The molecule has 0 heterocycles. The van der Waals surface area contributed by atoms with Gasteiger partial charge in [0.15, 0.2) is 9.84 Å². The molecule has 0 aromatic heterocycles. The van der Waals surface area contributed by atoms with Gasteiger partial charge in [-0.25, -0.2) is 8.42 Å². The number of carboxylic acids is 1. The highest BCUT2D eigenvalue weighted by Gasteiger charge is 2.14. The lowest BCUT2D eigenvalue weighted by Crippen LogP contribution is -2.21. The molecule has 0 amide bonds. The summed E-state index contributed by atoms with van der Waals surface area (Å²) in [5, 5.41) is 12.0. The highest BCUT2D eigenvalue weighted by atomic mass is 32.2. The summed E-state index contributed by atoms with van der Waals surface area (Å²) in [5.41, 5.74) is 4.26. The molecule has 6 heteroatoms. The number of rotatable bonds is 12. The maximum absolute atomic E-state index is 12.6. The maximum Gasteiger partial charge on any atom is 0.303 e. The van der Waals surface area contributed by atoms with Crippen molar-refractivity contribution in [3.8, 4) is 11.1 Å². The van der Waals surface area contributed by atoms with Crippen molar-refractivity contribution in [1.29, 1.82) is 0 Å². The third-order valence-corrected chi connectivity index (χ3v) is 7.14. The van der Waals surface area contributed by atoms with Gasteiger partial charge in [-0.05, 0) is 66.7 Å². The molecule has 0 radical (unpaired) electrons. The number of nitrogens with one attached hydrogen (secondary N) is 1. The summed E-state index contributed by atoms with van der Waals surface area (Å²) in [5.74, 6) is -0.673. The fourth-order valence-corrected chi connectivity index (χ4v) is 4.78. The van der Waals surface area contributed by atoms with Gasteiger partial charge in [0.1, 0.15) is 0 Å². The standard InChI is InChI=1S/C26H29NO4S/c28-26(29)16-11-21-7-9-22(10-8-21)17-19-27-18-4-20-32(30,31)25-14-12-24(13-15-25)23-5-2-1-3-6-23/h1-3,5-10,12-15,27H,4,11,16-20H2,(H,28,29). The third-order valence-electron chi connectivity index (χ3n) is 5.33. The third kappa shape index (κ3) is 7.32. The van der Waals surface area contributed by atoms with E-state index in [-0.39, 0.29) is 12.2 Å². The quantitative estimate of drug-likeness (QED) is 0.400. The monoisotopic (exact) mass is 451 g/mol. The first kappa shape index (κ1) is 23.7. The van der Waals surface area contributed by atoms with Gasteiger partial charge in [-0.2, -0.15) is 0 Å². The van der Waals surface area contributed by atoms with Crippen molar-refractivity contribution in [2.45, 2.75) is 30.6 Å². The van der Waals surface area contributed by atoms with Crippen LogP contribution in [0.5, 0.6) is 0 Å². The minimum Gasteiger partial charge on any atom is -0.481 e. The van der Waals surface area contributed by atoms with Crippen LogP contribution in [0.3, 0.4) is 0 Å². The van der Waals surface area contributed by atoms with Crippen LogP contribution in [-0.4, -0.2) is 38.3 Å². The van der Waals surface area contributed by atoms with Crippen molar-refractivity contribution in [3.63, 3.8) is 0 Å². The number of sulfone groups is 1. The Labute approximate surface area is 190 Å². The molecule has 0 bridgehead atoms. The van der Waals surface area contributed by atoms with E-state index in [9.17, 15) is 13.2 Å². The minimum atomic E-state index is -3.30. The Balaban J connectivity index is 1.38. The van der Waals surface area contributed by atoms with Crippen molar-refractivity contribution in [2.24, 2.45) is 0 Å². The van der Waals surface area contributed by atoms with Crippen molar-refractivity contribution < 1.29 is 18.3 Å². The molecule has 0 saturated carbocycles. The Bertz CT molecular complexity index is 1090. The van der Waals surface area contributed by atoms with E-state index in [1.165, 1.54) is 5.56 Å². The minimum absolute atomic E-state index is 0.114. The molecule has 0 aliphatic heterocycles. The summed E-state index contributed by atoms with van der Waals surface area (Å²) < 4.78 is 25.2. The Morgan fingerprint density at radius 1 is 0.750 bits per heavy atom. The SMILES string of the molecule is O=C(O)CCc1ccc(CCNCCCS(=O)(=O)c2ccc(-c3ccccc3)cc2)cc1. The van der Waals surface area contributed by atoms with Gasteiger partial charge in [-0.1, -0.05) is 66.7 Å². The fraction of sp³-hybridized carbons (Fsp3) is 0.269. The molecule has 0 spiro atoms. The molecule has 0 aliphatic rings. The van der Waals surface area contributed by atoms with E-state index in [1.54, 1.807) is 12.1 Å². The normalized spacial score (nSPS) is 11.4. The molecule has 2 N–H and O–H groups in total. The van der Waals surface area contributed by atoms with E-state index in [0.29, 0.717) is 24.3 Å². The lowest BCUT2D eigenvalue weighted by molar-refractivity contribution is -0.136. The van der Waals surface area contributed by atoms with Crippen molar-refractivity contribution in [2.75, 3.05) is 18.8 Å². The molecular formula is C26H29NO4S. The molecule has 3 aromatic rings. The van der Waals surface area contributed by atoms with Gasteiger partial charge in [-0.3, -0.25) is 4.79 Å². The summed E-state index contributed by atoms with van der Waals surface area (Å²) in [7, 11) is -3.30. The molecule has 32 heavy (non-hydrogen) atoms. The number of hydrogen-bond donors (Lipinski definition) is 2. The molecule has 0 saturated heterocycles. The second kappa shape index (κ2) is 11.6. The van der Waals surface area contributed by atoms with Gasteiger partial charge in [0.25, 0.3) is 0 Å². The van der Waals surface area contributed by atoms with Gasteiger partial charge >= 0.3 is 5.97 Å². The number of carboxylic acid groups (broad SMARTS) is 1. The van der Waals surface area contributed by atoms with Gasteiger partial charge in [0, 0.05) is 6.42 Å². The molecule has 3 rings (SSSR count). The summed E-state index contributed by atoms with van der Waals surface area (Å²) >= 11 is 0. The highest BCUT2D eigenvalue weighted by molar-refractivity contribution is 7.91. The predicted octanol–water partition coefficient (Wildman–Crippen LogP) is 4.37.